The van der Waals surface area contributed by atoms with Gasteiger partial charge in [-0.15, -0.1) is 0 Å². The second kappa shape index (κ2) is 6.04. The van der Waals surface area contributed by atoms with Gasteiger partial charge in [0.05, 0.1) is 0 Å². The number of carbonyl (C=O) groups excluding carboxylic acids is 1. The van der Waals surface area contributed by atoms with Gasteiger partial charge in [-0.1, -0.05) is 50.8 Å². The van der Waals surface area contributed by atoms with Gasteiger partial charge in [0.1, 0.15) is 0 Å². The minimum atomic E-state index is -2.86. The van der Waals surface area contributed by atoms with Crippen LogP contribution in [0.15, 0.2) is 36.9 Å². The molecule has 0 aliphatic heterocycles. The van der Waals surface area contributed by atoms with E-state index in [9.17, 15) is 13.6 Å². The molecule has 0 N–H and O–H groups in total. The topological polar surface area (TPSA) is 17.1 Å². The maximum atomic E-state index is 13.1. The van der Waals surface area contributed by atoms with Crippen LogP contribution < -0.4 is 0 Å². The predicted molar refractivity (Wildman–Crippen MR) is 72.0 cm³/mol. The van der Waals surface area contributed by atoms with E-state index in [4.69, 9.17) is 0 Å². The van der Waals surface area contributed by atoms with Gasteiger partial charge in [0.2, 0.25) is 5.92 Å². The fourth-order valence-electron chi connectivity index (χ4n) is 2.04. The summed E-state index contributed by atoms with van der Waals surface area (Å²) in [6, 6.07) is 8.90. The standard InChI is InChI=1S/C15H18F2O.FH/c1-11(12-8-6-5-7-9-12)13(18)14(2,3)10-15(4,16)17;/h5-9H,1,10H2,2-4H3;1H. The molecule has 0 heterocycles. The molecule has 1 aromatic carbocycles. The van der Waals surface area contributed by atoms with Crippen molar-refractivity contribution in [2.24, 2.45) is 5.41 Å². The normalized spacial score (nSPS) is 11.6. The summed E-state index contributed by atoms with van der Waals surface area (Å²) in [6.07, 6.45) is -0.481. The molecule has 19 heavy (non-hydrogen) atoms. The largest absolute Gasteiger partial charge is 0.294 e. The van der Waals surface area contributed by atoms with Crippen LogP contribution >= 0.6 is 0 Å². The highest BCUT2D eigenvalue weighted by Gasteiger charge is 2.38. The highest BCUT2D eigenvalue weighted by atomic mass is 19.3. The highest BCUT2D eigenvalue weighted by Crippen LogP contribution is 2.35. The van der Waals surface area contributed by atoms with Crippen molar-refractivity contribution in [3.05, 3.63) is 42.5 Å². The van der Waals surface area contributed by atoms with E-state index in [-0.39, 0.29) is 16.1 Å². The molecule has 0 fully saturated rings. The van der Waals surface area contributed by atoms with Crippen LogP contribution in [0.25, 0.3) is 5.57 Å². The van der Waals surface area contributed by atoms with Gasteiger partial charge in [-0.05, 0) is 12.5 Å². The molecule has 106 valence electrons. The molecular weight excluding hydrogens is 253 g/mol. The molecule has 0 saturated heterocycles. The number of benzene rings is 1. The first kappa shape index (κ1) is 17.4. The summed E-state index contributed by atoms with van der Waals surface area (Å²) in [5.74, 6) is -3.20. The predicted octanol–water partition coefficient (Wildman–Crippen LogP) is 4.49. The first-order valence-electron chi connectivity index (χ1n) is 5.80. The molecule has 0 aliphatic carbocycles. The van der Waals surface area contributed by atoms with E-state index in [1.165, 1.54) is 13.8 Å². The van der Waals surface area contributed by atoms with E-state index in [0.717, 1.165) is 6.92 Å². The molecule has 0 bridgehead atoms. The van der Waals surface area contributed by atoms with Crippen LogP contribution in [0.5, 0.6) is 0 Å². The Kier molecular flexibility index (Phi) is 5.54. The number of halogens is 3. The Morgan fingerprint density at radius 3 is 2.05 bits per heavy atom. The number of rotatable bonds is 5. The third kappa shape index (κ3) is 4.89. The van der Waals surface area contributed by atoms with Gasteiger partial charge < -0.3 is 0 Å². The smallest absolute Gasteiger partial charge is 0.246 e. The summed E-state index contributed by atoms with van der Waals surface area (Å²) < 4.78 is 26.1. The molecular formula is C15H19F3O. The third-order valence-electron chi connectivity index (χ3n) is 2.76. The lowest BCUT2D eigenvalue weighted by atomic mass is 9.78. The second-order valence-electron chi connectivity index (χ2n) is 5.30. The number of Topliss-reactive ketones (excluding diaryl/α,β-unsaturated/α-hetero) is 1. The minimum absolute atomic E-state index is 0. The monoisotopic (exact) mass is 272 g/mol. The molecule has 0 saturated carbocycles. The molecule has 0 aliphatic rings. The van der Waals surface area contributed by atoms with Crippen LogP contribution in [0, 0.1) is 5.41 Å². The van der Waals surface area contributed by atoms with Crippen molar-refractivity contribution in [3.63, 3.8) is 0 Å². The maximum absolute atomic E-state index is 13.1. The van der Waals surface area contributed by atoms with Gasteiger partial charge in [-0.3, -0.25) is 9.50 Å². The Morgan fingerprint density at radius 2 is 1.63 bits per heavy atom. The molecule has 0 spiro atoms. The average molecular weight is 272 g/mol. The lowest BCUT2D eigenvalue weighted by Gasteiger charge is -2.27. The molecule has 0 radical (unpaired) electrons. The zero-order valence-corrected chi connectivity index (χ0v) is 11.4. The summed E-state index contributed by atoms with van der Waals surface area (Å²) in [6.45, 7) is 7.61. The van der Waals surface area contributed by atoms with Crippen LogP contribution in [-0.4, -0.2) is 11.7 Å². The molecule has 0 atom stereocenters. The molecule has 4 heteroatoms. The second-order valence-corrected chi connectivity index (χ2v) is 5.30. The van der Waals surface area contributed by atoms with Crippen LogP contribution in [0.2, 0.25) is 0 Å². The molecule has 0 aromatic heterocycles. The van der Waals surface area contributed by atoms with Gasteiger partial charge in [-0.2, -0.15) is 0 Å². The Bertz CT molecular complexity index is 444. The van der Waals surface area contributed by atoms with Crippen molar-refractivity contribution >= 4 is 11.4 Å². The zero-order valence-electron chi connectivity index (χ0n) is 11.4. The summed E-state index contributed by atoms with van der Waals surface area (Å²) in [7, 11) is 0. The van der Waals surface area contributed by atoms with Crippen molar-refractivity contribution in [1.82, 2.24) is 0 Å². The lowest BCUT2D eigenvalue weighted by Crippen LogP contribution is -2.31. The third-order valence-corrected chi connectivity index (χ3v) is 2.76. The van der Waals surface area contributed by atoms with Gasteiger partial charge >= 0.3 is 0 Å². The quantitative estimate of drug-likeness (QED) is 0.722. The number of allylic oxidation sites excluding steroid dienone is 1. The Labute approximate surface area is 111 Å². The van der Waals surface area contributed by atoms with Crippen molar-refractivity contribution in [3.8, 4) is 0 Å². The van der Waals surface area contributed by atoms with E-state index < -0.39 is 17.8 Å². The average Bonchev–Trinajstić information content (AvgIpc) is 2.25. The Hall–Kier alpha value is -1.58. The zero-order chi connectivity index (χ0) is 14.0. The van der Waals surface area contributed by atoms with Gasteiger partial charge in [0.25, 0.3) is 0 Å². The molecule has 0 amide bonds. The van der Waals surface area contributed by atoms with Crippen molar-refractivity contribution in [2.75, 3.05) is 0 Å². The number of carbonyl (C=O) groups is 1. The van der Waals surface area contributed by atoms with Gasteiger partial charge in [0, 0.05) is 17.4 Å². The minimum Gasteiger partial charge on any atom is -0.294 e. The van der Waals surface area contributed by atoms with E-state index in [2.05, 4.69) is 6.58 Å². The van der Waals surface area contributed by atoms with Crippen LogP contribution in [0.1, 0.15) is 32.8 Å². The summed E-state index contributed by atoms with van der Waals surface area (Å²) in [5.41, 5.74) is -0.162. The first-order chi connectivity index (χ1) is 8.13. The van der Waals surface area contributed by atoms with Crippen LogP contribution in [-0.2, 0) is 4.79 Å². The van der Waals surface area contributed by atoms with E-state index >= 15 is 0 Å². The van der Waals surface area contributed by atoms with Crippen molar-refractivity contribution in [1.29, 1.82) is 0 Å². The highest BCUT2D eigenvalue weighted by molar-refractivity contribution is 6.22. The molecule has 1 rings (SSSR count). The van der Waals surface area contributed by atoms with Crippen LogP contribution in [0.3, 0.4) is 0 Å². The maximum Gasteiger partial charge on any atom is 0.246 e. The summed E-state index contributed by atoms with van der Waals surface area (Å²) in [5, 5.41) is 0. The first-order valence-corrected chi connectivity index (χ1v) is 5.80. The number of hydrogen-bond donors (Lipinski definition) is 0. The fraction of sp³-hybridized carbons (Fsp3) is 0.400. The SMILES string of the molecule is C=C(C(=O)C(C)(C)CC(C)(F)F)c1ccccc1.F. The molecule has 1 aromatic rings. The van der Waals surface area contributed by atoms with Gasteiger partial charge in [0.15, 0.2) is 5.78 Å². The number of hydrogen-bond acceptors (Lipinski definition) is 1. The lowest BCUT2D eigenvalue weighted by molar-refractivity contribution is -0.126. The Balaban J connectivity index is 0.00000324. The molecule has 1 nitrogen and oxygen atoms in total. The number of alkyl halides is 2. The van der Waals surface area contributed by atoms with Gasteiger partial charge in [-0.25, -0.2) is 8.78 Å². The Morgan fingerprint density at radius 1 is 1.16 bits per heavy atom. The van der Waals surface area contributed by atoms with Crippen molar-refractivity contribution < 1.29 is 18.3 Å². The van der Waals surface area contributed by atoms with E-state index in [1.54, 1.807) is 24.3 Å². The van der Waals surface area contributed by atoms with E-state index in [1.807, 2.05) is 6.07 Å². The van der Waals surface area contributed by atoms with Crippen molar-refractivity contribution in [2.45, 2.75) is 33.1 Å². The van der Waals surface area contributed by atoms with E-state index in [0.29, 0.717) is 5.56 Å². The summed E-state index contributed by atoms with van der Waals surface area (Å²) in [4.78, 5) is 12.2. The molecule has 0 unspecified atom stereocenters. The number of ketones is 1. The summed E-state index contributed by atoms with van der Waals surface area (Å²) >= 11 is 0. The van der Waals surface area contributed by atoms with Crippen LogP contribution in [0.4, 0.5) is 13.5 Å². The fourth-order valence-corrected chi connectivity index (χ4v) is 2.04.